The molecule has 4 rings (SSSR count). The van der Waals surface area contributed by atoms with E-state index in [4.69, 9.17) is 9.47 Å². The number of benzene rings is 1. The van der Waals surface area contributed by atoms with Crippen molar-refractivity contribution in [2.75, 3.05) is 6.61 Å². The van der Waals surface area contributed by atoms with E-state index >= 15 is 8.78 Å². The Bertz CT molecular complexity index is 836. The largest absolute Gasteiger partial charge is 0.491 e. The molecule has 7 heteroatoms. The number of halogens is 5. The van der Waals surface area contributed by atoms with Crippen molar-refractivity contribution in [1.82, 2.24) is 0 Å². The summed E-state index contributed by atoms with van der Waals surface area (Å²) in [6.07, 6.45) is 5.44. The van der Waals surface area contributed by atoms with E-state index in [0.29, 0.717) is 37.5 Å². The highest BCUT2D eigenvalue weighted by Gasteiger charge is 2.46. The highest BCUT2D eigenvalue weighted by Crippen LogP contribution is 2.48. The average molecular weight is 517 g/mol. The van der Waals surface area contributed by atoms with E-state index in [-0.39, 0.29) is 6.61 Å². The summed E-state index contributed by atoms with van der Waals surface area (Å²) < 4.78 is 81.4. The molecule has 204 valence electrons. The third kappa shape index (κ3) is 6.30. The van der Waals surface area contributed by atoms with Gasteiger partial charge >= 0.3 is 6.11 Å². The molecule has 0 radical (unpaired) electrons. The van der Waals surface area contributed by atoms with Gasteiger partial charge in [-0.1, -0.05) is 19.8 Å². The van der Waals surface area contributed by atoms with Gasteiger partial charge in [0.15, 0.2) is 11.6 Å². The zero-order valence-electron chi connectivity index (χ0n) is 21.6. The van der Waals surface area contributed by atoms with Crippen molar-refractivity contribution in [3.8, 4) is 11.5 Å². The van der Waals surface area contributed by atoms with Crippen molar-refractivity contribution in [2.45, 2.75) is 103 Å². The Hall–Kier alpha value is -1.53. The lowest BCUT2D eigenvalue weighted by molar-refractivity contribution is -0.225. The molecule has 0 bridgehead atoms. The minimum atomic E-state index is -3.63. The van der Waals surface area contributed by atoms with Gasteiger partial charge in [0.05, 0.1) is 18.1 Å². The van der Waals surface area contributed by atoms with Gasteiger partial charge < -0.3 is 9.47 Å². The van der Waals surface area contributed by atoms with Crippen LogP contribution in [0.4, 0.5) is 22.0 Å². The monoisotopic (exact) mass is 516 g/mol. The van der Waals surface area contributed by atoms with Crippen molar-refractivity contribution in [1.29, 1.82) is 0 Å². The van der Waals surface area contributed by atoms with Crippen LogP contribution in [-0.4, -0.2) is 12.7 Å². The van der Waals surface area contributed by atoms with Crippen LogP contribution in [0.1, 0.15) is 103 Å². The van der Waals surface area contributed by atoms with Crippen molar-refractivity contribution in [2.24, 2.45) is 35.5 Å². The Morgan fingerprint density at radius 3 is 1.69 bits per heavy atom. The lowest BCUT2D eigenvalue weighted by Gasteiger charge is -2.41. The van der Waals surface area contributed by atoms with Crippen molar-refractivity contribution < 1.29 is 31.4 Å². The molecular formula is C29H41F5O2. The van der Waals surface area contributed by atoms with E-state index in [9.17, 15) is 13.2 Å². The highest BCUT2D eigenvalue weighted by molar-refractivity contribution is 5.43. The Labute approximate surface area is 212 Å². The molecule has 0 amide bonds. The van der Waals surface area contributed by atoms with E-state index in [1.54, 1.807) is 6.92 Å². The van der Waals surface area contributed by atoms with Gasteiger partial charge in [0.1, 0.15) is 5.75 Å². The molecule has 0 aliphatic heterocycles. The molecule has 3 fully saturated rings. The predicted molar refractivity (Wildman–Crippen MR) is 130 cm³/mol. The molecule has 3 aliphatic rings. The first-order valence-corrected chi connectivity index (χ1v) is 14.0. The minimum absolute atomic E-state index is 0.0701. The van der Waals surface area contributed by atoms with Crippen LogP contribution in [0.3, 0.4) is 0 Å². The molecule has 0 atom stereocenters. The van der Waals surface area contributed by atoms with Crippen LogP contribution in [0.15, 0.2) is 12.1 Å². The van der Waals surface area contributed by atoms with Crippen LogP contribution in [0.2, 0.25) is 0 Å². The van der Waals surface area contributed by atoms with Crippen LogP contribution in [0.5, 0.6) is 11.5 Å². The third-order valence-corrected chi connectivity index (χ3v) is 9.33. The van der Waals surface area contributed by atoms with E-state index in [2.05, 4.69) is 6.92 Å². The second-order valence-electron chi connectivity index (χ2n) is 11.5. The lowest BCUT2D eigenvalue weighted by Crippen LogP contribution is -2.39. The van der Waals surface area contributed by atoms with Gasteiger partial charge in [-0.25, -0.2) is 13.2 Å². The first kappa shape index (κ1) is 27.5. The molecule has 1 aromatic carbocycles. The molecule has 0 aromatic heterocycles. The van der Waals surface area contributed by atoms with Crippen LogP contribution >= 0.6 is 0 Å². The summed E-state index contributed by atoms with van der Waals surface area (Å²) in [6.45, 7) is 4.01. The first-order valence-electron chi connectivity index (χ1n) is 14.0. The highest BCUT2D eigenvalue weighted by atomic mass is 19.3. The Kier molecular flexibility index (Phi) is 9.09. The normalized spacial score (nSPS) is 31.9. The number of rotatable bonds is 8. The lowest BCUT2D eigenvalue weighted by atomic mass is 9.65. The smallest absolute Gasteiger partial charge is 0.400 e. The van der Waals surface area contributed by atoms with E-state index in [0.717, 1.165) is 29.9 Å². The second-order valence-corrected chi connectivity index (χ2v) is 11.5. The topological polar surface area (TPSA) is 18.5 Å². The molecule has 3 saturated carbocycles. The van der Waals surface area contributed by atoms with Gasteiger partial charge in [0.2, 0.25) is 0 Å². The SMILES string of the molecule is CCOc1ccc(OC(F)(F)C2CCC(C3CCC(C4CCC(C)CC4)CC3)CC2)c(C(F)F)c1F. The summed E-state index contributed by atoms with van der Waals surface area (Å²) in [5, 5.41) is 0. The predicted octanol–water partition coefficient (Wildman–Crippen LogP) is 9.57. The summed E-state index contributed by atoms with van der Waals surface area (Å²) in [6, 6.07) is 2.03. The van der Waals surface area contributed by atoms with Gasteiger partial charge in [-0.15, -0.1) is 0 Å². The van der Waals surface area contributed by atoms with Crippen LogP contribution in [0, 0.1) is 41.3 Å². The molecule has 0 saturated heterocycles. The quantitative estimate of drug-likeness (QED) is 0.320. The number of ether oxygens (including phenoxy) is 2. The van der Waals surface area contributed by atoms with E-state index in [1.165, 1.54) is 51.4 Å². The van der Waals surface area contributed by atoms with Gasteiger partial charge in [-0.05, 0) is 113 Å². The van der Waals surface area contributed by atoms with Gasteiger partial charge in [-0.2, -0.15) is 8.78 Å². The minimum Gasteiger partial charge on any atom is -0.491 e. The maximum Gasteiger partial charge on any atom is 0.400 e. The van der Waals surface area contributed by atoms with Gasteiger partial charge in [-0.3, -0.25) is 0 Å². The Morgan fingerprint density at radius 2 is 1.22 bits per heavy atom. The summed E-state index contributed by atoms with van der Waals surface area (Å²) in [5.41, 5.74) is -1.17. The standard InChI is InChI=1S/C29H41F5O2/c1-3-35-25-17-16-24(26(27(25)30)28(31)32)36-29(33,34)23-14-12-22(13-15-23)21-10-8-20(9-11-21)19-6-4-18(2)5-7-19/h16-23,28H,3-15H2,1-2H3. The van der Waals surface area contributed by atoms with Crippen molar-refractivity contribution >= 4 is 0 Å². The fraction of sp³-hybridized carbons (Fsp3) is 0.793. The second kappa shape index (κ2) is 11.9. The maximum atomic E-state index is 15.1. The molecule has 0 N–H and O–H groups in total. The fourth-order valence-corrected chi connectivity index (χ4v) is 7.12. The number of hydrogen-bond donors (Lipinski definition) is 0. The van der Waals surface area contributed by atoms with Crippen LogP contribution in [-0.2, 0) is 0 Å². The zero-order valence-corrected chi connectivity index (χ0v) is 21.6. The van der Waals surface area contributed by atoms with Crippen molar-refractivity contribution in [3.05, 3.63) is 23.5 Å². The first-order chi connectivity index (χ1) is 17.2. The molecule has 36 heavy (non-hydrogen) atoms. The Morgan fingerprint density at radius 1 is 0.778 bits per heavy atom. The van der Waals surface area contributed by atoms with E-state index in [1.807, 2.05) is 0 Å². The summed E-state index contributed by atoms with van der Waals surface area (Å²) >= 11 is 0. The number of alkyl halides is 4. The summed E-state index contributed by atoms with van der Waals surface area (Å²) in [7, 11) is 0. The van der Waals surface area contributed by atoms with Crippen LogP contribution < -0.4 is 9.47 Å². The maximum absolute atomic E-state index is 15.1. The molecule has 0 heterocycles. The summed E-state index contributed by atoms with van der Waals surface area (Å²) in [5.74, 6) is 0.0155. The van der Waals surface area contributed by atoms with E-state index < -0.39 is 41.3 Å². The Balaban J connectivity index is 1.30. The van der Waals surface area contributed by atoms with Gasteiger partial charge in [0.25, 0.3) is 6.43 Å². The fourth-order valence-electron chi connectivity index (χ4n) is 7.12. The molecule has 1 aromatic rings. The zero-order chi connectivity index (χ0) is 25.9. The van der Waals surface area contributed by atoms with Crippen LogP contribution in [0.25, 0.3) is 0 Å². The van der Waals surface area contributed by atoms with Gasteiger partial charge in [0, 0.05) is 0 Å². The molecule has 3 aliphatic carbocycles. The summed E-state index contributed by atoms with van der Waals surface area (Å²) in [4.78, 5) is 0. The molecule has 2 nitrogen and oxygen atoms in total. The third-order valence-electron chi connectivity index (χ3n) is 9.33. The molecule has 0 unspecified atom stereocenters. The number of hydrogen-bond acceptors (Lipinski definition) is 2. The molecular weight excluding hydrogens is 475 g/mol. The van der Waals surface area contributed by atoms with Crippen molar-refractivity contribution in [3.63, 3.8) is 0 Å². The molecule has 0 spiro atoms. The average Bonchev–Trinajstić information content (AvgIpc) is 2.86.